The summed E-state index contributed by atoms with van der Waals surface area (Å²) in [5, 5.41) is 1.10. The number of hydrogen-bond acceptors (Lipinski definition) is 4. The molecule has 22 heavy (non-hydrogen) atoms. The van der Waals surface area contributed by atoms with Crippen molar-refractivity contribution in [3.8, 4) is 22.8 Å². The van der Waals surface area contributed by atoms with E-state index in [0.717, 1.165) is 28.4 Å². The Hall–Kier alpha value is -2.47. The Kier molecular flexibility index (Phi) is 3.54. The van der Waals surface area contributed by atoms with Gasteiger partial charge in [0.2, 0.25) is 0 Å². The summed E-state index contributed by atoms with van der Waals surface area (Å²) in [6.07, 6.45) is 0.998. The van der Waals surface area contributed by atoms with E-state index in [1.165, 1.54) is 7.11 Å². The molecule has 3 rings (SSSR count). The predicted octanol–water partition coefficient (Wildman–Crippen LogP) is 3.18. The van der Waals surface area contributed by atoms with Gasteiger partial charge in [-0.2, -0.15) is 8.42 Å². The largest absolute Gasteiger partial charge is 0.493 e. The number of rotatable bonds is 4. The molecule has 0 amide bonds. The number of benzene rings is 2. The summed E-state index contributed by atoms with van der Waals surface area (Å²) in [5.41, 5.74) is 2.84. The highest BCUT2D eigenvalue weighted by Crippen LogP contribution is 2.34. The quantitative estimate of drug-likeness (QED) is 0.750. The first-order chi connectivity index (χ1) is 10.5. The third-order valence-electron chi connectivity index (χ3n) is 3.25. The Labute approximate surface area is 128 Å². The van der Waals surface area contributed by atoms with E-state index < -0.39 is 10.1 Å². The second-order valence-electron chi connectivity index (χ2n) is 4.92. The van der Waals surface area contributed by atoms with E-state index in [1.807, 2.05) is 30.3 Å². The van der Waals surface area contributed by atoms with E-state index in [1.54, 1.807) is 18.2 Å². The third-order valence-corrected chi connectivity index (χ3v) is 3.73. The fourth-order valence-electron chi connectivity index (χ4n) is 2.30. The Morgan fingerprint density at radius 3 is 2.45 bits per heavy atom. The number of hydrogen-bond donors (Lipinski definition) is 1. The molecule has 2 aromatic carbocycles. The minimum Gasteiger partial charge on any atom is -0.493 e. The number of aromatic amines is 1. The van der Waals surface area contributed by atoms with Crippen LogP contribution in [0, 0.1) is 0 Å². The van der Waals surface area contributed by atoms with Gasteiger partial charge in [-0.1, -0.05) is 18.2 Å². The van der Waals surface area contributed by atoms with Gasteiger partial charge in [-0.3, -0.25) is 0 Å². The average Bonchev–Trinajstić information content (AvgIpc) is 2.90. The molecule has 3 aromatic rings. The Morgan fingerprint density at radius 2 is 1.77 bits per heavy atom. The lowest BCUT2D eigenvalue weighted by atomic mass is 10.1. The molecule has 0 radical (unpaired) electrons. The second kappa shape index (κ2) is 5.38. The number of H-pyrrole nitrogens is 1. The zero-order chi connectivity index (χ0) is 15.7. The van der Waals surface area contributed by atoms with Gasteiger partial charge < -0.3 is 13.9 Å². The van der Waals surface area contributed by atoms with E-state index in [4.69, 9.17) is 8.92 Å². The van der Waals surface area contributed by atoms with Crippen LogP contribution in [-0.2, 0) is 10.1 Å². The van der Waals surface area contributed by atoms with Gasteiger partial charge in [0.15, 0.2) is 11.5 Å². The first-order valence-electron chi connectivity index (χ1n) is 6.62. The second-order valence-corrected chi connectivity index (χ2v) is 6.50. The molecule has 0 spiro atoms. The van der Waals surface area contributed by atoms with Crippen LogP contribution in [0.5, 0.6) is 11.5 Å². The van der Waals surface area contributed by atoms with E-state index in [9.17, 15) is 8.42 Å². The number of nitrogens with one attached hydrogen (secondary N) is 1. The fourth-order valence-corrected chi connectivity index (χ4v) is 2.76. The molecule has 1 aromatic heterocycles. The van der Waals surface area contributed by atoms with Crippen molar-refractivity contribution in [2.24, 2.45) is 0 Å². The normalized spacial score (nSPS) is 11.5. The van der Waals surface area contributed by atoms with Crippen molar-refractivity contribution in [1.82, 2.24) is 4.98 Å². The van der Waals surface area contributed by atoms with Crippen molar-refractivity contribution in [3.05, 3.63) is 48.5 Å². The maximum Gasteiger partial charge on any atom is 0.306 e. The van der Waals surface area contributed by atoms with Gasteiger partial charge in [-0.25, -0.2) is 0 Å². The van der Waals surface area contributed by atoms with Crippen molar-refractivity contribution in [1.29, 1.82) is 0 Å². The minimum atomic E-state index is -3.60. The fraction of sp³-hybridized carbons (Fsp3) is 0.125. The summed E-state index contributed by atoms with van der Waals surface area (Å²) >= 11 is 0. The smallest absolute Gasteiger partial charge is 0.306 e. The van der Waals surface area contributed by atoms with Crippen LogP contribution in [0.25, 0.3) is 22.2 Å². The van der Waals surface area contributed by atoms with Crippen molar-refractivity contribution in [3.63, 3.8) is 0 Å². The van der Waals surface area contributed by atoms with Gasteiger partial charge in [-0.05, 0) is 30.3 Å². The van der Waals surface area contributed by atoms with Gasteiger partial charge in [0, 0.05) is 22.2 Å². The lowest BCUT2D eigenvalue weighted by Crippen LogP contribution is -2.06. The van der Waals surface area contributed by atoms with Crippen molar-refractivity contribution in [2.75, 3.05) is 13.4 Å². The number of para-hydroxylation sites is 1. The molecule has 0 unspecified atom stereocenters. The zero-order valence-electron chi connectivity index (χ0n) is 12.2. The van der Waals surface area contributed by atoms with Crippen LogP contribution in [-0.4, -0.2) is 26.8 Å². The summed E-state index contributed by atoms with van der Waals surface area (Å²) in [6, 6.07) is 15.1. The van der Waals surface area contributed by atoms with Crippen LogP contribution >= 0.6 is 0 Å². The van der Waals surface area contributed by atoms with Crippen molar-refractivity contribution < 1.29 is 17.3 Å². The Bertz CT molecular complexity index is 895. The molecule has 0 saturated carbocycles. The highest BCUT2D eigenvalue weighted by molar-refractivity contribution is 7.86. The molecule has 0 saturated heterocycles. The first kappa shape index (κ1) is 14.5. The maximum absolute atomic E-state index is 11.3. The first-order valence-corrected chi connectivity index (χ1v) is 8.43. The van der Waals surface area contributed by atoms with Crippen LogP contribution in [0.15, 0.2) is 48.5 Å². The van der Waals surface area contributed by atoms with Gasteiger partial charge in [-0.15, -0.1) is 0 Å². The standard InChI is InChI=1S/C16H15NO4S/c1-20-16-10-12(7-8-15(16)21-22(2,18)19)14-9-11-5-3-4-6-13(11)17-14/h3-10,17H,1-2H3. The molecule has 6 heteroatoms. The predicted molar refractivity (Wildman–Crippen MR) is 85.8 cm³/mol. The lowest BCUT2D eigenvalue weighted by Gasteiger charge is -2.10. The summed E-state index contributed by atoms with van der Waals surface area (Å²) in [4.78, 5) is 3.32. The molecule has 0 bridgehead atoms. The summed E-state index contributed by atoms with van der Waals surface area (Å²) in [6.45, 7) is 0. The van der Waals surface area contributed by atoms with Gasteiger partial charge in [0.25, 0.3) is 0 Å². The molecule has 5 nitrogen and oxygen atoms in total. The molecular formula is C16H15NO4S. The van der Waals surface area contributed by atoms with E-state index in [-0.39, 0.29) is 5.75 Å². The molecule has 0 aliphatic carbocycles. The SMILES string of the molecule is COc1cc(-c2cc3ccccc3[nH]2)ccc1OS(C)(=O)=O. The molecule has 0 fully saturated rings. The van der Waals surface area contributed by atoms with E-state index >= 15 is 0 Å². The van der Waals surface area contributed by atoms with Crippen LogP contribution in [0.4, 0.5) is 0 Å². The molecule has 1 N–H and O–H groups in total. The zero-order valence-corrected chi connectivity index (χ0v) is 13.0. The number of methoxy groups -OCH3 is 1. The van der Waals surface area contributed by atoms with Crippen molar-refractivity contribution >= 4 is 21.0 Å². The van der Waals surface area contributed by atoms with E-state index in [2.05, 4.69) is 4.98 Å². The van der Waals surface area contributed by atoms with Crippen LogP contribution in [0.2, 0.25) is 0 Å². The Morgan fingerprint density at radius 1 is 1.00 bits per heavy atom. The Balaban J connectivity index is 2.04. The highest BCUT2D eigenvalue weighted by atomic mass is 32.2. The number of aromatic nitrogens is 1. The number of fused-ring (bicyclic) bond motifs is 1. The topological polar surface area (TPSA) is 68.4 Å². The van der Waals surface area contributed by atoms with Crippen LogP contribution in [0.1, 0.15) is 0 Å². The average molecular weight is 317 g/mol. The molecule has 0 aliphatic heterocycles. The van der Waals surface area contributed by atoms with Crippen LogP contribution in [0.3, 0.4) is 0 Å². The maximum atomic E-state index is 11.3. The van der Waals surface area contributed by atoms with E-state index in [0.29, 0.717) is 5.75 Å². The molecule has 1 heterocycles. The third kappa shape index (κ3) is 2.92. The molecule has 0 aliphatic rings. The molecule has 0 atom stereocenters. The summed E-state index contributed by atoms with van der Waals surface area (Å²) in [5.74, 6) is 0.534. The van der Waals surface area contributed by atoms with Gasteiger partial charge in [0.05, 0.1) is 13.4 Å². The summed E-state index contributed by atoms with van der Waals surface area (Å²) in [7, 11) is -2.12. The van der Waals surface area contributed by atoms with Gasteiger partial charge >= 0.3 is 10.1 Å². The molecular weight excluding hydrogens is 302 g/mol. The van der Waals surface area contributed by atoms with Gasteiger partial charge in [0.1, 0.15) is 0 Å². The molecule has 114 valence electrons. The monoisotopic (exact) mass is 317 g/mol. The van der Waals surface area contributed by atoms with Crippen LogP contribution < -0.4 is 8.92 Å². The highest BCUT2D eigenvalue weighted by Gasteiger charge is 2.13. The summed E-state index contributed by atoms with van der Waals surface area (Å²) < 4.78 is 32.6. The minimum absolute atomic E-state index is 0.171. The lowest BCUT2D eigenvalue weighted by molar-refractivity contribution is 0.391. The number of ether oxygens (including phenoxy) is 1. The van der Waals surface area contributed by atoms with Crippen molar-refractivity contribution in [2.45, 2.75) is 0 Å².